The summed E-state index contributed by atoms with van der Waals surface area (Å²) in [6.45, 7) is 3.57. The third-order valence-corrected chi connectivity index (χ3v) is 5.67. The SMILES string of the molecule is CC1C=CC=CC1(C)S(=O)(=O)NBr.[Na]. The van der Waals surface area contributed by atoms with Crippen molar-refractivity contribution < 1.29 is 8.42 Å². The van der Waals surface area contributed by atoms with Crippen LogP contribution in [0.3, 0.4) is 0 Å². The maximum Gasteiger partial charge on any atom is 0.230 e. The zero-order valence-electron chi connectivity index (χ0n) is 8.49. The average molecular weight is 289 g/mol. The summed E-state index contributed by atoms with van der Waals surface area (Å²) in [6.07, 6.45) is 7.18. The molecule has 0 saturated carbocycles. The standard InChI is InChI=1S/C8H12BrNO2S.Na/c1-7-5-3-4-6-8(7,2)13(11,12)10-9;/h3-7,10H,1-2H3;. The van der Waals surface area contributed by atoms with Gasteiger partial charge in [0.1, 0.15) is 4.75 Å². The van der Waals surface area contributed by atoms with Crippen LogP contribution in [0, 0.1) is 5.92 Å². The van der Waals surface area contributed by atoms with E-state index in [0.29, 0.717) is 0 Å². The van der Waals surface area contributed by atoms with Crippen LogP contribution >= 0.6 is 16.1 Å². The van der Waals surface area contributed by atoms with Crippen molar-refractivity contribution in [1.29, 1.82) is 0 Å². The van der Waals surface area contributed by atoms with E-state index in [1.165, 1.54) is 0 Å². The molecule has 0 aliphatic heterocycles. The van der Waals surface area contributed by atoms with Gasteiger partial charge in [-0.15, -0.1) is 3.75 Å². The van der Waals surface area contributed by atoms with Gasteiger partial charge < -0.3 is 0 Å². The van der Waals surface area contributed by atoms with Gasteiger partial charge in [-0.2, -0.15) is 0 Å². The quantitative estimate of drug-likeness (QED) is 0.616. The van der Waals surface area contributed by atoms with Crippen LogP contribution < -0.4 is 3.75 Å². The van der Waals surface area contributed by atoms with Gasteiger partial charge in [0.25, 0.3) is 0 Å². The van der Waals surface area contributed by atoms with E-state index in [4.69, 9.17) is 0 Å². The number of hydrogen-bond donors (Lipinski definition) is 1. The first-order valence-electron chi connectivity index (χ1n) is 3.92. The number of hydrogen-bond acceptors (Lipinski definition) is 2. The van der Waals surface area contributed by atoms with Crippen molar-refractivity contribution in [3.63, 3.8) is 0 Å². The van der Waals surface area contributed by atoms with Crippen molar-refractivity contribution in [3.05, 3.63) is 24.3 Å². The van der Waals surface area contributed by atoms with Crippen LogP contribution in [0.4, 0.5) is 0 Å². The van der Waals surface area contributed by atoms with Crippen LogP contribution in [0.25, 0.3) is 0 Å². The second-order valence-corrected chi connectivity index (χ2v) is 6.31. The Labute approximate surface area is 116 Å². The molecular formula is C8H12BrNNaO2S. The monoisotopic (exact) mass is 288 g/mol. The Balaban J connectivity index is 0.00000169. The summed E-state index contributed by atoms with van der Waals surface area (Å²) in [4.78, 5) is 0. The molecule has 6 heteroatoms. The van der Waals surface area contributed by atoms with E-state index >= 15 is 0 Å². The molecule has 1 aliphatic carbocycles. The van der Waals surface area contributed by atoms with Crippen molar-refractivity contribution in [2.75, 3.05) is 0 Å². The molecule has 0 aromatic rings. The molecule has 75 valence electrons. The summed E-state index contributed by atoms with van der Waals surface area (Å²) < 4.78 is 24.6. The Kier molecular flexibility index (Phi) is 5.60. The van der Waals surface area contributed by atoms with Crippen molar-refractivity contribution in [1.82, 2.24) is 3.75 Å². The Morgan fingerprint density at radius 3 is 2.43 bits per heavy atom. The normalized spacial score (nSPS) is 31.2. The molecule has 0 bridgehead atoms. The molecule has 1 radical (unpaired) electrons. The molecule has 1 aliphatic rings. The Hall–Kier alpha value is 0.870. The summed E-state index contributed by atoms with van der Waals surface area (Å²) >= 11 is 2.77. The molecule has 0 spiro atoms. The third kappa shape index (κ3) is 2.51. The minimum atomic E-state index is -3.34. The first kappa shape index (κ1) is 14.9. The van der Waals surface area contributed by atoms with E-state index in [-0.39, 0.29) is 35.5 Å². The smallest absolute Gasteiger partial charge is 0.211 e. The second kappa shape index (κ2) is 5.27. The van der Waals surface area contributed by atoms with Gasteiger partial charge in [0.05, 0.1) is 0 Å². The summed E-state index contributed by atoms with van der Waals surface area (Å²) in [5, 5.41) is 0. The van der Waals surface area contributed by atoms with Gasteiger partial charge in [-0.1, -0.05) is 31.2 Å². The fourth-order valence-electron chi connectivity index (χ4n) is 1.24. The zero-order valence-corrected chi connectivity index (χ0v) is 12.9. The largest absolute Gasteiger partial charge is 0.230 e. The summed E-state index contributed by atoms with van der Waals surface area (Å²) in [6, 6.07) is 0. The van der Waals surface area contributed by atoms with Gasteiger partial charge in [-0.05, 0) is 12.8 Å². The molecule has 0 amide bonds. The summed E-state index contributed by atoms with van der Waals surface area (Å²) in [5.41, 5.74) is 0. The predicted molar refractivity (Wildman–Crippen MR) is 62.6 cm³/mol. The first-order chi connectivity index (χ1) is 5.94. The van der Waals surface area contributed by atoms with Crippen LogP contribution in [0.15, 0.2) is 24.3 Å². The van der Waals surface area contributed by atoms with Gasteiger partial charge in [-0.3, -0.25) is 0 Å². The van der Waals surface area contributed by atoms with Gasteiger partial charge in [0.15, 0.2) is 0 Å². The molecule has 1 N–H and O–H groups in total. The summed E-state index contributed by atoms with van der Waals surface area (Å²) in [5.74, 6) is -0.0347. The van der Waals surface area contributed by atoms with E-state index < -0.39 is 14.8 Å². The molecular weight excluding hydrogens is 277 g/mol. The topological polar surface area (TPSA) is 46.2 Å². The molecule has 0 aromatic carbocycles. The number of rotatable bonds is 2. The number of allylic oxidation sites excluding steroid dienone is 3. The molecule has 0 fully saturated rings. The fraction of sp³-hybridized carbons (Fsp3) is 0.500. The zero-order chi connectivity index (χ0) is 10.1. The van der Waals surface area contributed by atoms with E-state index in [1.807, 2.05) is 19.1 Å². The van der Waals surface area contributed by atoms with Crippen molar-refractivity contribution >= 4 is 55.7 Å². The van der Waals surface area contributed by atoms with E-state index in [1.54, 1.807) is 19.1 Å². The Bertz CT molecular complexity index is 352. The van der Waals surface area contributed by atoms with E-state index in [2.05, 4.69) is 19.9 Å². The van der Waals surface area contributed by atoms with Crippen LogP contribution in [0.2, 0.25) is 0 Å². The van der Waals surface area contributed by atoms with Crippen molar-refractivity contribution in [2.24, 2.45) is 5.92 Å². The van der Waals surface area contributed by atoms with Gasteiger partial charge >= 0.3 is 0 Å². The second-order valence-electron chi connectivity index (χ2n) is 3.30. The molecule has 0 aromatic heterocycles. The van der Waals surface area contributed by atoms with Crippen LogP contribution in [0.1, 0.15) is 13.8 Å². The number of halogens is 1. The molecule has 0 heterocycles. The third-order valence-electron chi connectivity index (χ3n) is 2.52. The van der Waals surface area contributed by atoms with Gasteiger partial charge in [-0.25, -0.2) is 8.42 Å². The molecule has 1 rings (SSSR count). The first-order valence-corrected chi connectivity index (χ1v) is 6.19. The summed E-state index contributed by atoms with van der Waals surface area (Å²) in [7, 11) is -3.34. The van der Waals surface area contributed by atoms with E-state index in [0.717, 1.165) is 0 Å². The molecule has 2 unspecified atom stereocenters. The van der Waals surface area contributed by atoms with Crippen LogP contribution in [-0.4, -0.2) is 42.7 Å². The maximum absolute atomic E-state index is 11.6. The van der Waals surface area contributed by atoms with Crippen LogP contribution in [-0.2, 0) is 10.0 Å². The Morgan fingerprint density at radius 1 is 1.43 bits per heavy atom. The number of sulfonamides is 1. The molecule has 14 heavy (non-hydrogen) atoms. The van der Waals surface area contributed by atoms with E-state index in [9.17, 15) is 8.42 Å². The minimum absolute atomic E-state index is 0. The van der Waals surface area contributed by atoms with Gasteiger partial charge in [0, 0.05) is 45.7 Å². The Morgan fingerprint density at radius 2 is 2.00 bits per heavy atom. The molecule has 3 nitrogen and oxygen atoms in total. The van der Waals surface area contributed by atoms with Crippen LogP contribution in [0.5, 0.6) is 0 Å². The fourth-order valence-corrected chi connectivity index (χ4v) is 3.28. The van der Waals surface area contributed by atoms with Gasteiger partial charge in [0.2, 0.25) is 10.0 Å². The van der Waals surface area contributed by atoms with Crippen molar-refractivity contribution in [3.8, 4) is 0 Å². The minimum Gasteiger partial charge on any atom is -0.211 e. The number of nitrogens with one attached hydrogen (secondary N) is 1. The van der Waals surface area contributed by atoms with Crippen molar-refractivity contribution in [2.45, 2.75) is 18.6 Å². The maximum atomic E-state index is 11.6. The predicted octanol–water partition coefficient (Wildman–Crippen LogP) is 1.36. The average Bonchev–Trinajstić information content (AvgIpc) is 2.10. The molecule has 2 atom stereocenters. The molecule has 0 saturated heterocycles.